The quantitative estimate of drug-likeness (QED) is 0.0948. The van der Waals surface area contributed by atoms with E-state index < -0.39 is 0 Å². The van der Waals surface area contributed by atoms with Crippen LogP contribution in [0.15, 0.2) is 121 Å². The summed E-state index contributed by atoms with van der Waals surface area (Å²) in [7, 11) is 9.27. The van der Waals surface area contributed by atoms with Gasteiger partial charge < -0.3 is 9.97 Å². The molecule has 5 heterocycles. The SMILES string of the molecule is CC[N+](C)(CC)c1ccc(-c2c3nc(c(-c4ccc([N+](C)(CC)CC)cc4)c4ccc([nH]4)c(-c4ccc([N+](C)(CC)CC)cc4)c4nc(c(-c5ccc([N+](C)(CC)CC)cc5)c5ccc2[nH]5)C=C4)C=C3)cc1. The predicted octanol–water partition coefficient (Wildman–Crippen LogP) is 15.2. The summed E-state index contributed by atoms with van der Waals surface area (Å²) >= 11 is 0. The topological polar surface area (TPSA) is 57.4 Å². The molecule has 2 N–H and O–H groups in total. The third-order valence-electron chi connectivity index (χ3n) is 17.5. The normalized spacial score (nSPS) is 13.1. The Morgan fingerprint density at radius 3 is 0.625 bits per heavy atom. The summed E-state index contributed by atoms with van der Waals surface area (Å²) < 4.78 is 3.47. The van der Waals surface area contributed by atoms with Crippen molar-refractivity contribution in [3.8, 4) is 44.5 Å². The average Bonchev–Trinajstić information content (AvgIpc) is 4.29. The first-order valence-electron chi connectivity index (χ1n) is 26.7. The van der Waals surface area contributed by atoms with Crippen LogP contribution in [0.3, 0.4) is 0 Å². The third kappa shape index (κ3) is 9.00. The number of aromatic amines is 2. The molecule has 4 aromatic carbocycles. The second-order valence-corrected chi connectivity index (χ2v) is 20.8. The summed E-state index contributed by atoms with van der Waals surface area (Å²) in [4.78, 5) is 19.3. The van der Waals surface area contributed by atoms with E-state index in [0.717, 1.165) is 160 Å². The molecule has 9 rings (SSSR count). The zero-order chi connectivity index (χ0) is 51.0. The van der Waals surface area contributed by atoms with Gasteiger partial charge in [0.05, 0.1) is 103 Å². The molecule has 8 heteroatoms. The van der Waals surface area contributed by atoms with Gasteiger partial charge in [0, 0.05) is 44.3 Å². The standard InChI is InChI=1S/C64H78N8/c1-13-69(9,14-2)49-29-21-45(22-30-49)61-53-37-39-55(65-53)62(46-23-31-50(32-24-46)70(10,15-3)16-4)57-41-43-59(67-57)64(48-27-35-52(36-28-48)72(12,19-7)20-8)60-44-42-58(68-60)63(56-40-38-54(61)66-56)47-25-33-51(34-26-47)71(11,17-5)18-6/h21-44,65,68H,13-20H2,1-12H3/q+4. The fourth-order valence-electron chi connectivity index (χ4n) is 10.7. The van der Waals surface area contributed by atoms with Crippen LogP contribution < -0.4 is 17.9 Å². The molecular weight excluding hydrogens is 881 g/mol. The van der Waals surface area contributed by atoms with E-state index in [1.54, 1.807) is 0 Å². The minimum absolute atomic E-state index is 0.867. The monoisotopic (exact) mass is 959 g/mol. The van der Waals surface area contributed by atoms with Crippen LogP contribution in [0.5, 0.6) is 0 Å². The molecule has 2 aliphatic heterocycles. The number of fused-ring (bicyclic) bond motifs is 8. The number of quaternary nitrogens is 4. The van der Waals surface area contributed by atoms with E-state index >= 15 is 0 Å². The number of aromatic nitrogens is 4. The maximum absolute atomic E-state index is 5.64. The molecule has 3 aromatic heterocycles. The minimum Gasteiger partial charge on any atom is -0.354 e. The van der Waals surface area contributed by atoms with E-state index in [4.69, 9.17) is 9.97 Å². The first-order valence-corrected chi connectivity index (χ1v) is 26.7. The first kappa shape index (κ1) is 50.3. The third-order valence-corrected chi connectivity index (χ3v) is 17.5. The lowest BCUT2D eigenvalue weighted by molar-refractivity contribution is 0.365. The molecule has 0 fully saturated rings. The van der Waals surface area contributed by atoms with Crippen molar-refractivity contribution in [2.24, 2.45) is 0 Å². The Balaban J connectivity index is 1.39. The molecule has 0 atom stereocenters. The van der Waals surface area contributed by atoms with Gasteiger partial charge >= 0.3 is 0 Å². The molecule has 72 heavy (non-hydrogen) atoms. The lowest BCUT2D eigenvalue weighted by Gasteiger charge is -2.31. The number of hydrogen-bond acceptors (Lipinski definition) is 2. The molecule has 0 saturated carbocycles. The molecule has 0 amide bonds. The molecule has 0 radical (unpaired) electrons. The van der Waals surface area contributed by atoms with Gasteiger partial charge in [-0.05, 0) is 223 Å². The molecular formula is C64H78N8+4. The zero-order valence-corrected chi connectivity index (χ0v) is 45.2. The number of rotatable bonds is 16. The number of hydrogen-bond donors (Lipinski definition) is 2. The second kappa shape index (κ2) is 20.1. The van der Waals surface area contributed by atoms with E-state index in [2.05, 4.69) is 239 Å². The van der Waals surface area contributed by atoms with Gasteiger partial charge in [0.1, 0.15) is 22.7 Å². The van der Waals surface area contributed by atoms with Gasteiger partial charge in [-0.2, -0.15) is 0 Å². The van der Waals surface area contributed by atoms with E-state index in [0.29, 0.717) is 0 Å². The van der Waals surface area contributed by atoms with Crippen LogP contribution in [-0.4, -0.2) is 100 Å². The Bertz CT molecular complexity index is 2860. The van der Waals surface area contributed by atoms with Crippen LogP contribution in [0.1, 0.15) is 78.2 Å². The second-order valence-electron chi connectivity index (χ2n) is 20.8. The molecule has 8 bridgehead atoms. The van der Waals surface area contributed by atoms with Gasteiger partial charge in [-0.1, -0.05) is 0 Å². The summed E-state index contributed by atoms with van der Waals surface area (Å²) in [6.45, 7) is 26.3. The van der Waals surface area contributed by atoms with Crippen LogP contribution in [0.2, 0.25) is 0 Å². The highest BCUT2D eigenvalue weighted by Gasteiger charge is 2.26. The Morgan fingerprint density at radius 1 is 0.278 bits per heavy atom. The van der Waals surface area contributed by atoms with Gasteiger partial charge in [0.2, 0.25) is 0 Å². The summed E-state index contributed by atoms with van der Waals surface area (Å²) in [5.41, 5.74) is 21.5. The Kier molecular flexibility index (Phi) is 14.0. The Morgan fingerprint density at radius 2 is 0.458 bits per heavy atom. The zero-order valence-electron chi connectivity index (χ0n) is 45.2. The summed E-state index contributed by atoms with van der Waals surface area (Å²) in [5.74, 6) is 0. The lowest BCUT2D eigenvalue weighted by atomic mass is 10.0. The Labute approximate surface area is 429 Å². The molecule has 370 valence electrons. The highest BCUT2D eigenvalue weighted by molar-refractivity contribution is 6.00. The lowest BCUT2D eigenvalue weighted by Crippen LogP contribution is -2.44. The van der Waals surface area contributed by atoms with E-state index in [-0.39, 0.29) is 0 Å². The van der Waals surface area contributed by atoms with Gasteiger partial charge in [0.15, 0.2) is 0 Å². The molecule has 0 aliphatic carbocycles. The van der Waals surface area contributed by atoms with Gasteiger partial charge in [-0.15, -0.1) is 0 Å². The highest BCUT2D eigenvalue weighted by atomic mass is 15.3. The van der Waals surface area contributed by atoms with Crippen LogP contribution >= 0.6 is 0 Å². The van der Waals surface area contributed by atoms with Gasteiger partial charge in [-0.25, -0.2) is 9.97 Å². The molecule has 0 spiro atoms. The summed E-state index contributed by atoms with van der Waals surface area (Å²) in [6, 6.07) is 45.7. The highest BCUT2D eigenvalue weighted by Crippen LogP contribution is 2.40. The predicted molar refractivity (Wildman–Crippen MR) is 316 cm³/mol. The van der Waals surface area contributed by atoms with E-state index in [9.17, 15) is 0 Å². The molecule has 0 unspecified atom stereocenters. The fraction of sp³-hybridized carbons (Fsp3) is 0.312. The van der Waals surface area contributed by atoms with E-state index in [1.165, 1.54) is 22.7 Å². The molecule has 0 saturated heterocycles. The van der Waals surface area contributed by atoms with E-state index in [1.807, 2.05) is 0 Å². The number of benzene rings is 4. The van der Waals surface area contributed by atoms with Crippen molar-refractivity contribution in [2.75, 3.05) is 80.5 Å². The van der Waals surface area contributed by atoms with Crippen molar-refractivity contribution in [1.29, 1.82) is 0 Å². The van der Waals surface area contributed by atoms with Crippen molar-refractivity contribution >= 4 is 69.1 Å². The smallest absolute Gasteiger partial charge is 0.132 e. The maximum Gasteiger partial charge on any atom is 0.132 e. The van der Waals surface area contributed by atoms with Crippen molar-refractivity contribution in [2.45, 2.75) is 55.4 Å². The maximum atomic E-state index is 5.64. The van der Waals surface area contributed by atoms with Crippen molar-refractivity contribution in [3.63, 3.8) is 0 Å². The summed E-state index contributed by atoms with van der Waals surface area (Å²) in [6.07, 6.45) is 8.83. The summed E-state index contributed by atoms with van der Waals surface area (Å²) in [5, 5.41) is 0. The number of nitrogens with zero attached hydrogens (tertiary/aromatic N) is 6. The molecule has 2 aliphatic rings. The van der Waals surface area contributed by atoms with Crippen LogP contribution in [-0.2, 0) is 0 Å². The largest absolute Gasteiger partial charge is 0.354 e. The number of nitrogens with one attached hydrogen (secondary N) is 2. The fourth-order valence-corrected chi connectivity index (χ4v) is 10.7. The molecule has 8 nitrogen and oxygen atoms in total. The Hall–Kier alpha value is -6.68. The van der Waals surface area contributed by atoms with Gasteiger partial charge in [-0.3, -0.25) is 17.9 Å². The molecule has 7 aromatic rings. The van der Waals surface area contributed by atoms with Crippen LogP contribution in [0.25, 0.3) is 90.9 Å². The first-order chi connectivity index (χ1) is 34.7. The number of H-pyrrole nitrogens is 2. The van der Waals surface area contributed by atoms with Crippen molar-refractivity contribution in [3.05, 3.63) is 144 Å². The average molecular weight is 959 g/mol. The van der Waals surface area contributed by atoms with Gasteiger partial charge in [0.25, 0.3) is 0 Å². The van der Waals surface area contributed by atoms with Crippen molar-refractivity contribution < 1.29 is 0 Å². The van der Waals surface area contributed by atoms with Crippen LogP contribution in [0.4, 0.5) is 22.7 Å². The van der Waals surface area contributed by atoms with Crippen molar-refractivity contribution in [1.82, 2.24) is 37.9 Å². The van der Waals surface area contributed by atoms with Crippen LogP contribution in [0, 0.1) is 0 Å². The minimum atomic E-state index is 0.867.